The van der Waals surface area contributed by atoms with Crippen molar-refractivity contribution in [2.75, 3.05) is 6.16 Å². The predicted molar refractivity (Wildman–Crippen MR) is 46.2 cm³/mol. The second-order valence-corrected chi connectivity index (χ2v) is 4.52. The monoisotopic (exact) mass is 222 g/mol. The first-order valence-corrected chi connectivity index (χ1v) is 5.53. The van der Waals surface area contributed by atoms with Gasteiger partial charge in [-0.25, -0.2) is 4.98 Å². The first-order chi connectivity index (χ1) is 6.40. The van der Waals surface area contributed by atoms with Gasteiger partial charge in [0.25, 0.3) is 0 Å². The molecule has 80 valence electrons. The average Bonchev–Trinajstić information content (AvgIpc) is 2.51. The van der Waals surface area contributed by atoms with Gasteiger partial charge in [0, 0.05) is 6.04 Å². The Bertz CT molecular complexity index is 322. The zero-order valence-electron chi connectivity index (χ0n) is 7.11. The van der Waals surface area contributed by atoms with Crippen molar-refractivity contribution in [1.82, 2.24) is 15.2 Å². The topological polar surface area (TPSA) is 145 Å². The Labute approximate surface area is 79.3 Å². The SMILES string of the molecule is N[C@H](CP(=O)(O)O)[C@H](O)c1ncn[nH]1. The molecule has 2 atom stereocenters. The molecule has 1 rings (SSSR count). The number of aliphatic hydroxyl groups excluding tert-OH is 1. The summed E-state index contributed by atoms with van der Waals surface area (Å²) in [6.45, 7) is 0. The maximum absolute atomic E-state index is 10.6. The molecule has 1 aromatic heterocycles. The van der Waals surface area contributed by atoms with E-state index in [2.05, 4.69) is 15.2 Å². The number of aromatic nitrogens is 3. The van der Waals surface area contributed by atoms with E-state index in [4.69, 9.17) is 15.5 Å². The zero-order chi connectivity index (χ0) is 10.8. The lowest BCUT2D eigenvalue weighted by Gasteiger charge is -2.16. The van der Waals surface area contributed by atoms with Crippen LogP contribution < -0.4 is 5.73 Å². The molecule has 0 aliphatic rings. The Hall–Kier alpha value is -0.790. The summed E-state index contributed by atoms with van der Waals surface area (Å²) in [6, 6.07) is -1.08. The molecule has 14 heavy (non-hydrogen) atoms. The number of nitrogens with two attached hydrogens (primary N) is 1. The van der Waals surface area contributed by atoms with Crippen molar-refractivity contribution in [2.45, 2.75) is 12.1 Å². The second-order valence-electron chi connectivity index (χ2n) is 2.83. The summed E-state index contributed by atoms with van der Waals surface area (Å²) < 4.78 is 10.6. The van der Waals surface area contributed by atoms with E-state index in [0.717, 1.165) is 0 Å². The Morgan fingerprint density at radius 3 is 2.71 bits per heavy atom. The molecule has 0 spiro atoms. The van der Waals surface area contributed by atoms with Crippen molar-refractivity contribution in [1.29, 1.82) is 0 Å². The summed E-state index contributed by atoms with van der Waals surface area (Å²) in [6.07, 6.45) is -0.692. The van der Waals surface area contributed by atoms with Crippen LogP contribution in [0, 0.1) is 0 Å². The molecule has 0 bridgehead atoms. The summed E-state index contributed by atoms with van der Waals surface area (Å²) in [7, 11) is -4.22. The largest absolute Gasteiger partial charge is 0.383 e. The van der Waals surface area contributed by atoms with Crippen LogP contribution in [-0.2, 0) is 4.57 Å². The normalized spacial score (nSPS) is 16.6. The average molecular weight is 222 g/mol. The van der Waals surface area contributed by atoms with E-state index in [1.54, 1.807) is 0 Å². The molecule has 0 radical (unpaired) electrons. The van der Waals surface area contributed by atoms with Crippen molar-refractivity contribution in [3.05, 3.63) is 12.2 Å². The number of nitrogens with one attached hydrogen (secondary N) is 1. The molecule has 1 heterocycles. The maximum Gasteiger partial charge on any atom is 0.327 e. The van der Waals surface area contributed by atoms with Gasteiger partial charge in [-0.2, -0.15) is 5.10 Å². The van der Waals surface area contributed by atoms with Crippen LogP contribution in [0.3, 0.4) is 0 Å². The molecule has 0 saturated heterocycles. The van der Waals surface area contributed by atoms with Crippen LogP contribution in [0.4, 0.5) is 0 Å². The molecule has 0 aliphatic heterocycles. The summed E-state index contributed by atoms with van der Waals surface area (Å²) in [5.41, 5.74) is 5.36. The molecular formula is C5H11N4O4P. The predicted octanol–water partition coefficient (Wildman–Crippen LogP) is -1.66. The van der Waals surface area contributed by atoms with Crippen molar-refractivity contribution in [3.63, 3.8) is 0 Å². The molecule has 0 unspecified atom stereocenters. The van der Waals surface area contributed by atoms with Crippen molar-refractivity contribution in [2.24, 2.45) is 5.73 Å². The van der Waals surface area contributed by atoms with Gasteiger partial charge in [0.05, 0.1) is 6.16 Å². The van der Waals surface area contributed by atoms with Gasteiger partial charge in [0.1, 0.15) is 12.4 Å². The number of hydrogen-bond donors (Lipinski definition) is 5. The van der Waals surface area contributed by atoms with E-state index < -0.39 is 25.9 Å². The molecule has 0 amide bonds. The number of H-pyrrole nitrogens is 1. The minimum absolute atomic E-state index is 0.0888. The van der Waals surface area contributed by atoms with Gasteiger partial charge >= 0.3 is 7.60 Å². The van der Waals surface area contributed by atoms with E-state index in [1.165, 1.54) is 6.33 Å². The Morgan fingerprint density at radius 1 is 1.64 bits per heavy atom. The molecule has 0 fully saturated rings. The van der Waals surface area contributed by atoms with Gasteiger partial charge in [-0.3, -0.25) is 9.66 Å². The standard InChI is InChI=1S/C5H11N4O4P/c6-3(1-14(11,12)13)4(10)5-7-2-8-9-5/h2-4,10H,1,6H2,(H,7,8,9)(H2,11,12,13)/t3-,4+/m1/s1. The van der Waals surface area contributed by atoms with Crippen LogP contribution in [0.1, 0.15) is 11.9 Å². The Balaban J connectivity index is 2.62. The van der Waals surface area contributed by atoms with Gasteiger partial charge in [0.2, 0.25) is 0 Å². The van der Waals surface area contributed by atoms with E-state index >= 15 is 0 Å². The van der Waals surface area contributed by atoms with E-state index in [0.29, 0.717) is 0 Å². The molecule has 0 aliphatic carbocycles. The van der Waals surface area contributed by atoms with Gasteiger partial charge in [-0.1, -0.05) is 0 Å². The zero-order valence-corrected chi connectivity index (χ0v) is 8.00. The molecule has 1 aromatic rings. The number of aliphatic hydroxyl groups is 1. The van der Waals surface area contributed by atoms with Crippen molar-refractivity contribution >= 4 is 7.60 Å². The van der Waals surface area contributed by atoms with Crippen molar-refractivity contribution < 1.29 is 19.5 Å². The minimum Gasteiger partial charge on any atom is -0.383 e. The summed E-state index contributed by atoms with van der Waals surface area (Å²) >= 11 is 0. The number of hydrogen-bond acceptors (Lipinski definition) is 5. The van der Waals surface area contributed by atoms with Crippen LogP contribution in [-0.4, -0.2) is 42.3 Å². The van der Waals surface area contributed by atoms with E-state index in [1.807, 2.05) is 0 Å². The quantitative estimate of drug-likeness (QED) is 0.383. The molecular weight excluding hydrogens is 211 g/mol. The molecule has 0 aromatic carbocycles. The Kier molecular flexibility index (Phi) is 3.35. The summed E-state index contributed by atoms with van der Waals surface area (Å²) in [4.78, 5) is 20.8. The van der Waals surface area contributed by atoms with Crippen LogP contribution >= 0.6 is 7.60 Å². The lowest BCUT2D eigenvalue weighted by Crippen LogP contribution is -2.32. The third-order valence-corrected chi connectivity index (χ3v) is 2.47. The summed E-state index contributed by atoms with van der Waals surface area (Å²) in [5, 5.41) is 15.3. The molecule has 8 nitrogen and oxygen atoms in total. The second kappa shape index (κ2) is 4.16. The Morgan fingerprint density at radius 2 is 2.29 bits per heavy atom. The van der Waals surface area contributed by atoms with Crippen LogP contribution in [0.5, 0.6) is 0 Å². The fourth-order valence-electron chi connectivity index (χ4n) is 0.935. The van der Waals surface area contributed by atoms with E-state index in [-0.39, 0.29) is 5.82 Å². The highest BCUT2D eigenvalue weighted by Crippen LogP contribution is 2.36. The number of nitrogens with zero attached hydrogens (tertiary/aromatic N) is 2. The number of aromatic amines is 1. The van der Waals surface area contributed by atoms with Crippen molar-refractivity contribution in [3.8, 4) is 0 Å². The van der Waals surface area contributed by atoms with Gasteiger partial charge in [-0.05, 0) is 0 Å². The lowest BCUT2D eigenvalue weighted by molar-refractivity contribution is 0.142. The highest BCUT2D eigenvalue weighted by Gasteiger charge is 2.26. The fourth-order valence-corrected chi connectivity index (χ4v) is 1.68. The fraction of sp³-hybridized carbons (Fsp3) is 0.600. The molecule has 0 saturated carbocycles. The van der Waals surface area contributed by atoms with Crippen LogP contribution in [0.15, 0.2) is 6.33 Å². The van der Waals surface area contributed by atoms with E-state index in [9.17, 15) is 9.67 Å². The third kappa shape index (κ3) is 3.17. The van der Waals surface area contributed by atoms with Crippen LogP contribution in [0.2, 0.25) is 0 Å². The maximum atomic E-state index is 10.6. The lowest BCUT2D eigenvalue weighted by atomic mass is 10.2. The summed E-state index contributed by atoms with van der Waals surface area (Å²) in [5.74, 6) is 0.0888. The van der Waals surface area contributed by atoms with Gasteiger partial charge < -0.3 is 20.6 Å². The highest BCUT2D eigenvalue weighted by molar-refractivity contribution is 7.51. The smallest absolute Gasteiger partial charge is 0.327 e. The first kappa shape index (κ1) is 11.3. The highest BCUT2D eigenvalue weighted by atomic mass is 31.2. The molecule has 6 N–H and O–H groups in total. The third-order valence-electron chi connectivity index (χ3n) is 1.57. The number of rotatable bonds is 4. The van der Waals surface area contributed by atoms with Gasteiger partial charge in [0.15, 0.2) is 5.82 Å². The molecule has 9 heteroatoms. The minimum atomic E-state index is -4.22. The van der Waals surface area contributed by atoms with Crippen LogP contribution in [0.25, 0.3) is 0 Å². The van der Waals surface area contributed by atoms with Gasteiger partial charge in [-0.15, -0.1) is 0 Å². The first-order valence-electron chi connectivity index (χ1n) is 3.73.